The van der Waals surface area contributed by atoms with E-state index >= 15 is 0 Å². The van der Waals surface area contributed by atoms with Crippen molar-refractivity contribution in [3.05, 3.63) is 101 Å². The third-order valence-corrected chi connectivity index (χ3v) is 8.39. The number of hydrogen-bond donors (Lipinski definition) is 1. The van der Waals surface area contributed by atoms with Gasteiger partial charge in [-0.3, -0.25) is 4.98 Å². The van der Waals surface area contributed by atoms with Crippen molar-refractivity contribution in [2.24, 2.45) is 0 Å². The second-order valence-electron chi connectivity index (χ2n) is 10.1. The summed E-state index contributed by atoms with van der Waals surface area (Å²) in [5.74, 6) is 0.625. The van der Waals surface area contributed by atoms with Crippen LogP contribution in [0.15, 0.2) is 72.9 Å². The number of benzene rings is 2. The fourth-order valence-electron chi connectivity index (χ4n) is 5.87. The Bertz CT molecular complexity index is 1520. The summed E-state index contributed by atoms with van der Waals surface area (Å²) in [5, 5.41) is 4.71. The van der Waals surface area contributed by atoms with Gasteiger partial charge < -0.3 is 29.2 Å². The van der Waals surface area contributed by atoms with Crippen LogP contribution in [0.1, 0.15) is 34.7 Å². The van der Waals surface area contributed by atoms with Gasteiger partial charge in [-0.05, 0) is 92.3 Å². The molecule has 2 fully saturated rings. The van der Waals surface area contributed by atoms with Crippen LogP contribution in [0.2, 0.25) is 5.02 Å². The summed E-state index contributed by atoms with van der Waals surface area (Å²) in [6, 6.07) is 22.5. The lowest BCUT2D eigenvalue weighted by Crippen LogP contribution is -2.36. The van der Waals surface area contributed by atoms with Crippen LogP contribution in [-0.2, 0) is 4.74 Å². The SMILES string of the molecule is COc1ccc(N2C(=S)N[C@@H](c3ccccn3)[C@@H]2c2cc(C)n(-c3ccc(N4CCOCC4)cc3)c2C)cc1Cl. The van der Waals surface area contributed by atoms with Crippen LogP contribution in [0.3, 0.4) is 0 Å². The maximum Gasteiger partial charge on any atom is 0.174 e. The predicted molar refractivity (Wildman–Crippen MR) is 164 cm³/mol. The Kier molecular flexibility index (Phi) is 7.40. The van der Waals surface area contributed by atoms with Crippen molar-refractivity contribution in [1.82, 2.24) is 14.9 Å². The zero-order chi connectivity index (χ0) is 27.8. The van der Waals surface area contributed by atoms with Gasteiger partial charge >= 0.3 is 0 Å². The average Bonchev–Trinajstić information content (AvgIpc) is 3.48. The Morgan fingerprint density at radius 3 is 2.38 bits per heavy atom. The van der Waals surface area contributed by atoms with Crippen molar-refractivity contribution >= 4 is 40.3 Å². The van der Waals surface area contributed by atoms with Crippen LogP contribution in [0.25, 0.3) is 5.69 Å². The van der Waals surface area contributed by atoms with Crippen molar-refractivity contribution in [2.45, 2.75) is 25.9 Å². The quantitative estimate of drug-likeness (QED) is 0.277. The van der Waals surface area contributed by atoms with E-state index in [4.69, 9.17) is 38.3 Å². The van der Waals surface area contributed by atoms with E-state index in [1.807, 2.05) is 42.6 Å². The molecule has 2 aromatic carbocycles. The lowest BCUT2D eigenvalue weighted by atomic mass is 9.96. The number of aryl methyl sites for hydroxylation is 1. The molecule has 2 aromatic heterocycles. The van der Waals surface area contributed by atoms with Crippen molar-refractivity contribution in [3.63, 3.8) is 0 Å². The van der Waals surface area contributed by atoms with Gasteiger partial charge in [-0.2, -0.15) is 0 Å². The number of methoxy groups -OCH3 is 1. The maximum absolute atomic E-state index is 6.57. The molecule has 40 heavy (non-hydrogen) atoms. The van der Waals surface area contributed by atoms with E-state index < -0.39 is 0 Å². The molecule has 0 radical (unpaired) electrons. The van der Waals surface area contributed by atoms with Crippen LogP contribution in [0.4, 0.5) is 11.4 Å². The number of aromatic nitrogens is 2. The van der Waals surface area contributed by atoms with Crippen LogP contribution in [-0.4, -0.2) is 48.1 Å². The first-order valence-electron chi connectivity index (χ1n) is 13.4. The third kappa shape index (κ3) is 4.80. The van der Waals surface area contributed by atoms with Crippen LogP contribution in [0.5, 0.6) is 5.75 Å². The first-order chi connectivity index (χ1) is 19.5. The molecule has 6 rings (SSSR count). The molecule has 9 heteroatoms. The molecule has 0 spiro atoms. The molecule has 0 unspecified atom stereocenters. The van der Waals surface area contributed by atoms with Gasteiger partial charge in [0.1, 0.15) is 5.75 Å². The number of anilines is 2. The Morgan fingerprint density at radius 2 is 1.70 bits per heavy atom. The summed E-state index contributed by atoms with van der Waals surface area (Å²) in [6.07, 6.45) is 1.82. The molecule has 206 valence electrons. The fraction of sp³-hybridized carbons (Fsp3) is 0.290. The standard InChI is InChI=1S/C31H32ClN5O2S/c1-20-18-25(21(2)36(20)23-9-7-22(8-10-23)35-14-16-39-17-15-35)30-29(27-6-4-5-13-33-27)34-31(40)37(30)24-11-12-28(38-3)26(32)19-24/h4-13,18-19,29-30H,14-17H2,1-3H3,(H,34,40)/t29-,30-/m0/s1. The van der Waals surface area contributed by atoms with E-state index in [1.54, 1.807) is 7.11 Å². The minimum atomic E-state index is -0.146. The number of rotatable bonds is 6. The van der Waals surface area contributed by atoms with Gasteiger partial charge in [0, 0.05) is 47.7 Å². The molecule has 0 amide bonds. The summed E-state index contributed by atoms with van der Waals surface area (Å²) >= 11 is 12.5. The third-order valence-electron chi connectivity index (χ3n) is 7.78. The lowest BCUT2D eigenvalue weighted by molar-refractivity contribution is 0.122. The maximum atomic E-state index is 6.57. The molecule has 2 aliphatic heterocycles. The van der Waals surface area contributed by atoms with Gasteiger partial charge in [0.2, 0.25) is 0 Å². The van der Waals surface area contributed by atoms with E-state index in [2.05, 4.69) is 63.9 Å². The van der Waals surface area contributed by atoms with Gasteiger partial charge in [-0.15, -0.1) is 0 Å². The van der Waals surface area contributed by atoms with Gasteiger partial charge in [0.25, 0.3) is 0 Å². The van der Waals surface area contributed by atoms with Crippen LogP contribution >= 0.6 is 23.8 Å². The first kappa shape index (κ1) is 26.6. The highest BCUT2D eigenvalue weighted by molar-refractivity contribution is 7.80. The number of hydrogen-bond acceptors (Lipinski definition) is 5. The largest absolute Gasteiger partial charge is 0.495 e. The second-order valence-corrected chi connectivity index (χ2v) is 10.9. The molecule has 0 saturated carbocycles. The average molecular weight is 574 g/mol. The minimum Gasteiger partial charge on any atom is -0.495 e. The van der Waals surface area contributed by atoms with Gasteiger partial charge in [0.15, 0.2) is 5.11 Å². The number of thiocarbonyl (C=S) groups is 1. The first-order valence-corrected chi connectivity index (χ1v) is 14.2. The van der Waals surface area contributed by atoms with E-state index in [-0.39, 0.29) is 12.1 Å². The van der Waals surface area contributed by atoms with Crippen LogP contribution < -0.4 is 19.9 Å². The summed E-state index contributed by atoms with van der Waals surface area (Å²) in [5.41, 5.74) is 7.64. The van der Waals surface area contributed by atoms with Crippen molar-refractivity contribution in [2.75, 3.05) is 43.2 Å². The molecule has 4 heterocycles. The fourth-order valence-corrected chi connectivity index (χ4v) is 6.47. The summed E-state index contributed by atoms with van der Waals surface area (Å²) in [7, 11) is 1.62. The highest BCUT2D eigenvalue weighted by Gasteiger charge is 2.42. The molecule has 4 aromatic rings. The number of ether oxygens (including phenoxy) is 2. The summed E-state index contributed by atoms with van der Waals surface area (Å²) < 4.78 is 13.2. The Morgan fingerprint density at radius 1 is 0.975 bits per heavy atom. The van der Waals surface area contributed by atoms with E-state index in [0.29, 0.717) is 15.9 Å². The normalized spacial score (nSPS) is 19.1. The van der Waals surface area contributed by atoms with Crippen molar-refractivity contribution in [3.8, 4) is 11.4 Å². The molecule has 1 N–H and O–H groups in total. The molecule has 2 aliphatic rings. The number of pyridine rings is 1. The van der Waals surface area contributed by atoms with Crippen molar-refractivity contribution < 1.29 is 9.47 Å². The zero-order valence-corrected chi connectivity index (χ0v) is 24.4. The molecule has 2 atom stereocenters. The molecule has 2 saturated heterocycles. The lowest BCUT2D eigenvalue weighted by Gasteiger charge is -2.29. The Balaban J connectivity index is 1.42. The van der Waals surface area contributed by atoms with E-state index in [0.717, 1.165) is 54.8 Å². The predicted octanol–water partition coefficient (Wildman–Crippen LogP) is 6.16. The van der Waals surface area contributed by atoms with E-state index in [1.165, 1.54) is 11.3 Å². The number of nitrogens with zero attached hydrogens (tertiary/aromatic N) is 4. The highest BCUT2D eigenvalue weighted by Crippen LogP contribution is 2.45. The Labute approximate surface area is 245 Å². The molecule has 0 bridgehead atoms. The molecular formula is C31H32ClN5O2S. The number of morpholine rings is 1. The smallest absolute Gasteiger partial charge is 0.174 e. The molecule has 0 aliphatic carbocycles. The topological polar surface area (TPSA) is 54.8 Å². The summed E-state index contributed by atoms with van der Waals surface area (Å²) in [6.45, 7) is 7.70. The van der Waals surface area contributed by atoms with Gasteiger partial charge in [-0.1, -0.05) is 17.7 Å². The van der Waals surface area contributed by atoms with Crippen molar-refractivity contribution in [1.29, 1.82) is 0 Å². The number of halogens is 1. The molecule has 7 nitrogen and oxygen atoms in total. The monoisotopic (exact) mass is 573 g/mol. The van der Waals surface area contributed by atoms with Gasteiger partial charge in [-0.25, -0.2) is 0 Å². The second kappa shape index (κ2) is 11.1. The Hall–Kier alpha value is -3.59. The van der Waals surface area contributed by atoms with Gasteiger partial charge in [0.05, 0.1) is 43.1 Å². The van der Waals surface area contributed by atoms with E-state index in [9.17, 15) is 0 Å². The molecular weight excluding hydrogens is 542 g/mol. The highest BCUT2D eigenvalue weighted by atomic mass is 35.5. The minimum absolute atomic E-state index is 0.139. The van der Waals surface area contributed by atoms with Crippen LogP contribution in [0, 0.1) is 13.8 Å². The number of nitrogens with one attached hydrogen (secondary N) is 1. The zero-order valence-electron chi connectivity index (χ0n) is 22.8. The summed E-state index contributed by atoms with van der Waals surface area (Å²) in [4.78, 5) is 9.22.